The smallest absolute Gasteiger partial charge is 0.212 e. The molecule has 100 valence electrons. The van der Waals surface area contributed by atoms with Gasteiger partial charge >= 0.3 is 0 Å². The van der Waals surface area contributed by atoms with Crippen molar-refractivity contribution >= 4 is 44.3 Å². The summed E-state index contributed by atoms with van der Waals surface area (Å²) in [5.74, 6) is -0.0426. The molecule has 0 N–H and O–H groups in total. The van der Waals surface area contributed by atoms with Gasteiger partial charge in [-0.25, -0.2) is 0 Å². The second kappa shape index (κ2) is 6.62. The average Bonchev–Trinajstić information content (AvgIpc) is 2.76. The predicted molar refractivity (Wildman–Crippen MR) is 84.4 cm³/mol. The number of hydrogen-bond acceptors (Lipinski definition) is 3. The number of nitrogens with zero attached hydrogens (tertiary/aromatic N) is 2. The predicted octanol–water partition coefficient (Wildman–Crippen LogP) is 3.13. The minimum absolute atomic E-state index is 0.0426. The maximum atomic E-state index is 12.5. The molecule has 1 heterocycles. The minimum atomic E-state index is -0.0426. The summed E-state index contributed by atoms with van der Waals surface area (Å²) >= 11 is 5.57. The monoisotopic (exact) mass is 434 g/mol. The van der Waals surface area contributed by atoms with E-state index in [1.54, 1.807) is 18.0 Å². The maximum absolute atomic E-state index is 12.5. The number of ketones is 1. The Labute approximate surface area is 133 Å². The van der Waals surface area contributed by atoms with Crippen LogP contribution in [0.4, 0.5) is 0 Å². The van der Waals surface area contributed by atoms with Crippen molar-refractivity contribution in [2.45, 2.75) is 6.54 Å². The van der Waals surface area contributed by atoms with Crippen LogP contribution in [0.2, 0.25) is 0 Å². The van der Waals surface area contributed by atoms with Crippen LogP contribution >= 0.6 is 38.5 Å². The molecule has 0 atom stereocenters. The first-order chi connectivity index (χ1) is 9.13. The summed E-state index contributed by atoms with van der Waals surface area (Å²) in [5.41, 5.74) is 1.21. The first-order valence-electron chi connectivity index (χ1n) is 5.64. The summed E-state index contributed by atoms with van der Waals surface area (Å²) in [6.45, 7) is 1.06. The van der Waals surface area contributed by atoms with Gasteiger partial charge in [-0.1, -0.05) is 12.1 Å². The summed E-state index contributed by atoms with van der Waals surface area (Å²) in [6.07, 6.45) is 1.64. The van der Waals surface area contributed by atoms with Gasteiger partial charge in [0.15, 0.2) is 0 Å². The van der Waals surface area contributed by atoms with E-state index < -0.39 is 0 Å². The fourth-order valence-corrected chi connectivity index (χ4v) is 2.72. The number of hydrogen-bond donors (Lipinski definition) is 0. The normalized spacial score (nSPS) is 10.7. The van der Waals surface area contributed by atoms with E-state index in [2.05, 4.69) is 43.6 Å². The average molecular weight is 435 g/mol. The highest BCUT2D eigenvalue weighted by molar-refractivity contribution is 14.1. The van der Waals surface area contributed by atoms with Crippen molar-refractivity contribution in [3.05, 3.63) is 49.8 Å². The first kappa shape index (κ1) is 14.7. The second-order valence-electron chi connectivity index (χ2n) is 3.90. The number of benzene rings is 1. The number of carbonyl (C=O) groups is 1. The van der Waals surface area contributed by atoms with E-state index in [-0.39, 0.29) is 5.78 Å². The molecule has 1 aromatic heterocycles. The van der Waals surface area contributed by atoms with Crippen LogP contribution in [0.5, 0.6) is 0 Å². The van der Waals surface area contributed by atoms with Crippen LogP contribution in [-0.2, 0) is 11.3 Å². The van der Waals surface area contributed by atoms with Crippen LogP contribution in [0.1, 0.15) is 16.1 Å². The van der Waals surface area contributed by atoms with Gasteiger partial charge in [0.2, 0.25) is 5.78 Å². The Morgan fingerprint density at radius 2 is 2.32 bits per heavy atom. The molecule has 6 heteroatoms. The molecule has 0 aliphatic heterocycles. The molecule has 0 bridgehead atoms. The maximum Gasteiger partial charge on any atom is 0.212 e. The van der Waals surface area contributed by atoms with E-state index in [0.717, 1.165) is 3.57 Å². The number of carbonyl (C=O) groups excluding carboxylic acids is 1. The number of aromatic nitrogens is 2. The van der Waals surface area contributed by atoms with Crippen LogP contribution in [0.3, 0.4) is 0 Å². The number of methoxy groups -OCH3 is 1. The van der Waals surface area contributed by atoms with Crippen molar-refractivity contribution in [2.24, 2.45) is 0 Å². The van der Waals surface area contributed by atoms with Crippen LogP contribution in [-0.4, -0.2) is 29.3 Å². The van der Waals surface area contributed by atoms with Gasteiger partial charge in [0.05, 0.1) is 23.8 Å². The van der Waals surface area contributed by atoms with E-state index in [1.165, 1.54) is 0 Å². The van der Waals surface area contributed by atoms with Gasteiger partial charge in [-0.05, 0) is 50.7 Å². The molecule has 0 fully saturated rings. The Balaban J connectivity index is 2.35. The van der Waals surface area contributed by atoms with Crippen molar-refractivity contribution in [1.82, 2.24) is 9.78 Å². The van der Waals surface area contributed by atoms with Crippen molar-refractivity contribution in [2.75, 3.05) is 13.7 Å². The molecule has 0 radical (unpaired) electrons. The quantitative estimate of drug-likeness (QED) is 0.536. The number of rotatable bonds is 5. The lowest BCUT2D eigenvalue weighted by atomic mass is 10.1. The lowest BCUT2D eigenvalue weighted by Gasteiger charge is -2.07. The number of halogens is 2. The summed E-state index contributed by atoms with van der Waals surface area (Å²) in [4.78, 5) is 12.5. The van der Waals surface area contributed by atoms with Crippen LogP contribution in [0.15, 0.2) is 34.9 Å². The Kier molecular flexibility index (Phi) is 5.12. The van der Waals surface area contributed by atoms with E-state index in [9.17, 15) is 4.79 Å². The highest BCUT2D eigenvalue weighted by atomic mass is 127. The molecule has 0 aliphatic rings. The fraction of sp³-hybridized carbons (Fsp3) is 0.231. The van der Waals surface area contributed by atoms with Gasteiger partial charge in [0, 0.05) is 16.2 Å². The first-order valence-corrected chi connectivity index (χ1v) is 7.51. The van der Waals surface area contributed by atoms with Gasteiger partial charge in [-0.2, -0.15) is 5.10 Å². The third-order valence-electron chi connectivity index (χ3n) is 2.60. The molecule has 4 nitrogen and oxygen atoms in total. The van der Waals surface area contributed by atoms with E-state index in [4.69, 9.17) is 4.74 Å². The van der Waals surface area contributed by atoms with Crippen LogP contribution in [0.25, 0.3) is 0 Å². The van der Waals surface area contributed by atoms with Crippen molar-refractivity contribution in [3.63, 3.8) is 0 Å². The largest absolute Gasteiger partial charge is 0.383 e. The minimum Gasteiger partial charge on any atom is -0.383 e. The van der Waals surface area contributed by atoms with Crippen LogP contribution < -0.4 is 0 Å². The lowest BCUT2D eigenvalue weighted by molar-refractivity contribution is 0.102. The van der Waals surface area contributed by atoms with Gasteiger partial charge in [0.25, 0.3) is 0 Å². The SMILES string of the molecule is COCCn1ncc(Br)c1C(=O)c1cccc(I)c1. The summed E-state index contributed by atoms with van der Waals surface area (Å²) in [7, 11) is 1.62. The lowest BCUT2D eigenvalue weighted by Crippen LogP contribution is -2.14. The topological polar surface area (TPSA) is 44.1 Å². The molecule has 0 saturated carbocycles. The Bertz CT molecular complexity index is 598. The molecule has 0 spiro atoms. The van der Waals surface area contributed by atoms with Gasteiger partial charge in [-0.3, -0.25) is 9.48 Å². The van der Waals surface area contributed by atoms with E-state index >= 15 is 0 Å². The Hall–Kier alpha value is -0.730. The standard InChI is InChI=1S/C13H12BrIN2O2/c1-19-6-5-17-12(11(14)8-16-17)13(18)9-3-2-4-10(15)7-9/h2-4,7-8H,5-6H2,1H3. The summed E-state index contributed by atoms with van der Waals surface area (Å²) in [6, 6.07) is 7.50. The number of ether oxygens (including phenoxy) is 1. The van der Waals surface area contributed by atoms with Gasteiger partial charge in [-0.15, -0.1) is 0 Å². The van der Waals surface area contributed by atoms with Crippen LogP contribution in [0, 0.1) is 3.57 Å². The van der Waals surface area contributed by atoms with Crippen molar-refractivity contribution in [1.29, 1.82) is 0 Å². The molecular formula is C13H12BrIN2O2. The summed E-state index contributed by atoms with van der Waals surface area (Å²) in [5, 5.41) is 4.19. The zero-order valence-corrected chi connectivity index (χ0v) is 14.0. The molecule has 0 aliphatic carbocycles. The molecule has 19 heavy (non-hydrogen) atoms. The van der Waals surface area contributed by atoms with E-state index in [1.807, 2.05) is 24.3 Å². The summed E-state index contributed by atoms with van der Waals surface area (Å²) < 4.78 is 8.42. The molecule has 2 aromatic rings. The third-order valence-corrected chi connectivity index (χ3v) is 3.86. The Morgan fingerprint density at radius 1 is 1.53 bits per heavy atom. The highest BCUT2D eigenvalue weighted by Gasteiger charge is 2.18. The zero-order valence-electron chi connectivity index (χ0n) is 10.3. The molecule has 0 unspecified atom stereocenters. The van der Waals surface area contributed by atoms with Gasteiger partial charge < -0.3 is 4.74 Å². The fourth-order valence-electron chi connectivity index (χ4n) is 1.70. The zero-order chi connectivity index (χ0) is 13.8. The second-order valence-corrected chi connectivity index (χ2v) is 6.00. The molecule has 0 amide bonds. The van der Waals surface area contributed by atoms with Crippen molar-refractivity contribution < 1.29 is 9.53 Å². The highest BCUT2D eigenvalue weighted by Crippen LogP contribution is 2.20. The van der Waals surface area contributed by atoms with Crippen molar-refractivity contribution in [3.8, 4) is 0 Å². The molecule has 1 aromatic carbocycles. The molecular weight excluding hydrogens is 423 g/mol. The van der Waals surface area contributed by atoms with Gasteiger partial charge in [0.1, 0.15) is 5.69 Å². The molecule has 2 rings (SSSR count). The van der Waals surface area contributed by atoms with E-state index in [0.29, 0.717) is 28.9 Å². The molecule has 0 saturated heterocycles. The Morgan fingerprint density at radius 3 is 3.00 bits per heavy atom. The third kappa shape index (κ3) is 3.43.